The molecule has 0 saturated carbocycles. The van der Waals surface area contributed by atoms with Crippen molar-refractivity contribution in [3.63, 3.8) is 0 Å². The summed E-state index contributed by atoms with van der Waals surface area (Å²) in [4.78, 5) is 0. The highest BCUT2D eigenvalue weighted by molar-refractivity contribution is 5.27. The molecule has 0 aliphatic rings. The van der Waals surface area contributed by atoms with Gasteiger partial charge >= 0.3 is 0 Å². The molecule has 0 aliphatic heterocycles. The van der Waals surface area contributed by atoms with Gasteiger partial charge < -0.3 is 9.47 Å². The highest BCUT2D eigenvalue weighted by Crippen LogP contribution is 2.13. The second kappa shape index (κ2) is 9.95. The lowest BCUT2D eigenvalue weighted by atomic mass is 10.1. The van der Waals surface area contributed by atoms with Crippen LogP contribution in [0.1, 0.15) is 37.7 Å². The molecule has 0 unspecified atom stereocenters. The van der Waals surface area contributed by atoms with Crippen molar-refractivity contribution < 1.29 is 9.47 Å². The van der Waals surface area contributed by atoms with Crippen LogP contribution in [0.15, 0.2) is 24.3 Å². The van der Waals surface area contributed by atoms with Crippen molar-refractivity contribution >= 4 is 0 Å². The summed E-state index contributed by atoms with van der Waals surface area (Å²) in [6.45, 7) is 5.54. The predicted molar refractivity (Wildman–Crippen MR) is 76.0 cm³/mol. The Balaban J connectivity index is 2.00. The van der Waals surface area contributed by atoms with Crippen LogP contribution in [0, 0.1) is 6.92 Å². The Kier molecular flexibility index (Phi) is 8.32. The first-order valence-electron chi connectivity index (χ1n) is 6.86. The van der Waals surface area contributed by atoms with Gasteiger partial charge in [0.2, 0.25) is 0 Å². The van der Waals surface area contributed by atoms with Crippen LogP contribution in [0.25, 0.3) is 0 Å². The zero-order valence-electron chi connectivity index (χ0n) is 11.5. The zero-order valence-corrected chi connectivity index (χ0v) is 11.5. The molecule has 0 heterocycles. The fraction of sp³-hybridized carbons (Fsp3) is 0.562. The van der Waals surface area contributed by atoms with E-state index in [0.29, 0.717) is 0 Å². The van der Waals surface area contributed by atoms with Crippen LogP contribution in [0.4, 0.5) is 0 Å². The molecule has 1 rings (SSSR count). The number of unbranched alkanes of at least 4 members (excludes halogenated alkanes) is 3. The summed E-state index contributed by atoms with van der Waals surface area (Å²) in [5.74, 6) is 0.928. The number of ether oxygens (including phenoxy) is 2. The summed E-state index contributed by atoms with van der Waals surface area (Å²) < 4.78 is 10.6. The van der Waals surface area contributed by atoms with Crippen LogP contribution >= 0.6 is 0 Å². The van der Waals surface area contributed by atoms with Crippen molar-refractivity contribution in [1.82, 2.24) is 0 Å². The zero-order chi connectivity index (χ0) is 13.1. The van der Waals surface area contributed by atoms with Crippen LogP contribution < -0.4 is 4.74 Å². The Bertz CT molecular complexity index is 292. The van der Waals surface area contributed by atoms with E-state index < -0.39 is 0 Å². The van der Waals surface area contributed by atoms with Crippen molar-refractivity contribution in [3.05, 3.63) is 36.8 Å². The van der Waals surface area contributed by atoms with Crippen molar-refractivity contribution in [2.75, 3.05) is 20.3 Å². The van der Waals surface area contributed by atoms with Crippen LogP contribution in [0.3, 0.4) is 0 Å². The van der Waals surface area contributed by atoms with Gasteiger partial charge in [-0.25, -0.2) is 0 Å². The maximum absolute atomic E-state index is 5.50. The van der Waals surface area contributed by atoms with Gasteiger partial charge in [-0.2, -0.15) is 0 Å². The molecule has 18 heavy (non-hydrogen) atoms. The van der Waals surface area contributed by atoms with Crippen LogP contribution in [0.5, 0.6) is 5.75 Å². The van der Waals surface area contributed by atoms with Gasteiger partial charge in [0.25, 0.3) is 0 Å². The van der Waals surface area contributed by atoms with Gasteiger partial charge in [0.05, 0.1) is 7.11 Å². The second-order valence-corrected chi connectivity index (χ2v) is 4.48. The molecule has 101 valence electrons. The van der Waals surface area contributed by atoms with E-state index in [9.17, 15) is 0 Å². The SMILES string of the molecule is [CH2]CCCOCCCCCc1ccc(OC)cc1. The predicted octanol–water partition coefficient (Wildman–Crippen LogP) is 4.04. The Morgan fingerprint density at radius 3 is 2.33 bits per heavy atom. The average molecular weight is 249 g/mol. The molecule has 2 heteroatoms. The lowest BCUT2D eigenvalue weighted by Gasteiger charge is -2.05. The molecule has 0 amide bonds. The highest BCUT2D eigenvalue weighted by atomic mass is 16.5. The monoisotopic (exact) mass is 249 g/mol. The van der Waals surface area contributed by atoms with E-state index in [2.05, 4.69) is 19.1 Å². The summed E-state index contributed by atoms with van der Waals surface area (Å²) in [6, 6.07) is 8.33. The molecule has 0 saturated heterocycles. The number of benzene rings is 1. The van der Waals surface area contributed by atoms with Gasteiger partial charge in [-0.1, -0.05) is 31.9 Å². The molecule has 0 aliphatic carbocycles. The van der Waals surface area contributed by atoms with E-state index in [4.69, 9.17) is 9.47 Å². The molecule has 0 bridgehead atoms. The lowest BCUT2D eigenvalue weighted by molar-refractivity contribution is 0.128. The lowest BCUT2D eigenvalue weighted by Crippen LogP contribution is -1.97. The maximum atomic E-state index is 5.50. The van der Waals surface area contributed by atoms with Gasteiger partial charge in [0.1, 0.15) is 5.75 Å². The van der Waals surface area contributed by atoms with Gasteiger partial charge in [0.15, 0.2) is 0 Å². The third kappa shape index (κ3) is 6.65. The van der Waals surface area contributed by atoms with Crippen molar-refractivity contribution in [1.29, 1.82) is 0 Å². The Morgan fingerprint density at radius 2 is 1.67 bits per heavy atom. The largest absolute Gasteiger partial charge is 0.497 e. The number of hydrogen-bond donors (Lipinski definition) is 0. The molecule has 0 fully saturated rings. The minimum atomic E-state index is 0.863. The number of rotatable bonds is 10. The van der Waals surface area contributed by atoms with E-state index in [-0.39, 0.29) is 0 Å². The van der Waals surface area contributed by atoms with Crippen molar-refractivity contribution in [2.45, 2.75) is 38.5 Å². The van der Waals surface area contributed by atoms with E-state index in [1.54, 1.807) is 7.11 Å². The molecular weight excluding hydrogens is 224 g/mol. The molecule has 1 radical (unpaired) electrons. The first-order valence-corrected chi connectivity index (χ1v) is 6.86. The standard InChI is InChI=1S/C16H25O2/c1-3-4-13-18-14-7-5-6-8-15-9-11-16(17-2)12-10-15/h9-12H,1,3-8,13-14H2,2H3. The van der Waals surface area contributed by atoms with E-state index in [1.807, 2.05) is 12.1 Å². The molecule has 0 N–H and O–H groups in total. The molecule has 0 spiro atoms. The molecule has 1 aromatic rings. The summed E-state index contributed by atoms with van der Waals surface area (Å²) in [6.07, 6.45) is 6.81. The minimum Gasteiger partial charge on any atom is -0.497 e. The fourth-order valence-corrected chi connectivity index (χ4v) is 1.81. The summed E-state index contributed by atoms with van der Waals surface area (Å²) in [5.41, 5.74) is 1.38. The van der Waals surface area contributed by atoms with Gasteiger partial charge in [-0.3, -0.25) is 0 Å². The van der Waals surface area contributed by atoms with Crippen LogP contribution in [-0.4, -0.2) is 20.3 Å². The van der Waals surface area contributed by atoms with Crippen molar-refractivity contribution in [3.8, 4) is 5.75 Å². The average Bonchev–Trinajstić information content (AvgIpc) is 2.42. The third-order valence-electron chi connectivity index (χ3n) is 2.95. The van der Waals surface area contributed by atoms with Crippen LogP contribution in [0.2, 0.25) is 0 Å². The molecule has 0 atom stereocenters. The fourth-order valence-electron chi connectivity index (χ4n) is 1.81. The summed E-state index contributed by atoms with van der Waals surface area (Å²) >= 11 is 0. The van der Waals surface area contributed by atoms with Crippen molar-refractivity contribution in [2.24, 2.45) is 0 Å². The molecular formula is C16H25O2. The highest BCUT2D eigenvalue weighted by Gasteiger charge is 1.95. The first-order chi connectivity index (χ1) is 8.86. The maximum Gasteiger partial charge on any atom is 0.118 e. The Hall–Kier alpha value is -1.02. The Morgan fingerprint density at radius 1 is 0.944 bits per heavy atom. The second-order valence-electron chi connectivity index (χ2n) is 4.48. The van der Waals surface area contributed by atoms with Gasteiger partial charge in [-0.05, 0) is 43.4 Å². The first kappa shape index (κ1) is 15.0. The molecule has 2 nitrogen and oxygen atoms in total. The molecule has 1 aromatic carbocycles. The van der Waals surface area contributed by atoms with E-state index >= 15 is 0 Å². The van der Waals surface area contributed by atoms with Gasteiger partial charge in [-0.15, -0.1) is 0 Å². The normalized spacial score (nSPS) is 10.6. The molecule has 0 aromatic heterocycles. The summed E-state index contributed by atoms with van der Waals surface area (Å²) in [7, 11) is 1.70. The van der Waals surface area contributed by atoms with E-state index in [0.717, 1.165) is 44.6 Å². The number of hydrogen-bond acceptors (Lipinski definition) is 2. The Labute approximate surface area is 111 Å². The van der Waals surface area contributed by atoms with Crippen LogP contribution in [-0.2, 0) is 11.2 Å². The van der Waals surface area contributed by atoms with Gasteiger partial charge in [0, 0.05) is 13.2 Å². The number of methoxy groups -OCH3 is 1. The summed E-state index contributed by atoms with van der Waals surface area (Å²) in [5, 5.41) is 0. The smallest absolute Gasteiger partial charge is 0.118 e. The quantitative estimate of drug-likeness (QED) is 0.583. The number of aryl methyl sites for hydroxylation is 1. The third-order valence-corrected chi connectivity index (χ3v) is 2.95. The topological polar surface area (TPSA) is 18.5 Å². The minimum absolute atomic E-state index is 0.863. The van der Waals surface area contributed by atoms with E-state index in [1.165, 1.54) is 18.4 Å².